The van der Waals surface area contributed by atoms with Gasteiger partial charge in [0, 0.05) is 0 Å². The molecule has 2 nitrogen and oxygen atoms in total. The van der Waals surface area contributed by atoms with Crippen molar-refractivity contribution >= 4 is 17.2 Å². The minimum atomic E-state index is 0.230. The second-order valence-corrected chi connectivity index (χ2v) is 6.21. The fourth-order valence-corrected chi connectivity index (χ4v) is 2.44. The second kappa shape index (κ2) is 12.9. The van der Waals surface area contributed by atoms with Gasteiger partial charge in [0.2, 0.25) is 0 Å². The number of likely N-dealkylation sites (N-methyl/N-ethyl adjacent to an activating group) is 1. The summed E-state index contributed by atoms with van der Waals surface area (Å²) in [5.41, 5.74) is 5.65. The van der Waals surface area contributed by atoms with Gasteiger partial charge in [0.1, 0.15) is 0 Å². The SMILES string of the molecule is CCCCCCCCCCCCN(C)C(C)C(N)=S. The van der Waals surface area contributed by atoms with Gasteiger partial charge in [0.05, 0.1) is 11.0 Å². The first kappa shape index (κ1) is 18.9. The van der Waals surface area contributed by atoms with Crippen LogP contribution in [-0.4, -0.2) is 29.5 Å². The lowest BCUT2D eigenvalue weighted by atomic mass is 10.1. The molecule has 0 fully saturated rings. The molecule has 0 rings (SSSR count). The highest BCUT2D eigenvalue weighted by Gasteiger charge is 2.10. The molecule has 114 valence electrons. The van der Waals surface area contributed by atoms with Crippen molar-refractivity contribution in [1.29, 1.82) is 0 Å². The van der Waals surface area contributed by atoms with Crippen molar-refractivity contribution in [2.24, 2.45) is 5.73 Å². The van der Waals surface area contributed by atoms with E-state index >= 15 is 0 Å². The summed E-state index contributed by atoms with van der Waals surface area (Å²) in [4.78, 5) is 2.86. The Kier molecular flexibility index (Phi) is 12.8. The third-order valence-corrected chi connectivity index (χ3v) is 4.28. The molecule has 1 atom stereocenters. The first-order valence-electron chi connectivity index (χ1n) is 8.09. The van der Waals surface area contributed by atoms with Gasteiger partial charge in [0.25, 0.3) is 0 Å². The topological polar surface area (TPSA) is 29.3 Å². The Bertz CT molecular complexity index is 219. The molecule has 2 N–H and O–H groups in total. The maximum atomic E-state index is 5.65. The summed E-state index contributed by atoms with van der Waals surface area (Å²) >= 11 is 5.01. The Morgan fingerprint density at radius 1 is 0.947 bits per heavy atom. The van der Waals surface area contributed by atoms with Crippen molar-refractivity contribution in [1.82, 2.24) is 4.90 Å². The summed E-state index contributed by atoms with van der Waals surface area (Å²) in [6.45, 7) is 5.46. The van der Waals surface area contributed by atoms with Crippen LogP contribution in [0.1, 0.15) is 78.1 Å². The van der Waals surface area contributed by atoms with Crippen LogP contribution in [-0.2, 0) is 0 Å². The average Bonchev–Trinajstić information content (AvgIpc) is 2.39. The van der Waals surface area contributed by atoms with Crippen molar-refractivity contribution in [2.45, 2.75) is 84.1 Å². The summed E-state index contributed by atoms with van der Waals surface area (Å²) in [7, 11) is 2.11. The number of hydrogen-bond acceptors (Lipinski definition) is 2. The Morgan fingerprint density at radius 3 is 1.79 bits per heavy atom. The zero-order valence-corrected chi connectivity index (χ0v) is 14.1. The van der Waals surface area contributed by atoms with Crippen LogP contribution >= 0.6 is 12.2 Å². The molecule has 0 aliphatic rings. The van der Waals surface area contributed by atoms with Crippen LogP contribution in [0.25, 0.3) is 0 Å². The van der Waals surface area contributed by atoms with Crippen molar-refractivity contribution in [2.75, 3.05) is 13.6 Å². The molecule has 0 saturated heterocycles. The lowest BCUT2D eigenvalue weighted by Gasteiger charge is -2.23. The number of thiocarbonyl (C=S) groups is 1. The van der Waals surface area contributed by atoms with Gasteiger partial charge in [-0.25, -0.2) is 0 Å². The average molecular weight is 287 g/mol. The zero-order chi connectivity index (χ0) is 14.5. The number of unbranched alkanes of at least 4 members (excludes halogenated alkanes) is 9. The quantitative estimate of drug-likeness (QED) is 0.399. The first-order chi connectivity index (χ1) is 9.09. The van der Waals surface area contributed by atoms with Crippen LogP contribution < -0.4 is 5.73 Å². The Labute approximate surface area is 126 Å². The van der Waals surface area contributed by atoms with Crippen LogP contribution in [0.4, 0.5) is 0 Å². The van der Waals surface area contributed by atoms with Crippen molar-refractivity contribution < 1.29 is 0 Å². The van der Waals surface area contributed by atoms with Crippen LogP contribution in [0.5, 0.6) is 0 Å². The van der Waals surface area contributed by atoms with E-state index in [1.54, 1.807) is 0 Å². The van der Waals surface area contributed by atoms with Crippen LogP contribution in [0.2, 0.25) is 0 Å². The molecular weight excluding hydrogens is 252 g/mol. The summed E-state index contributed by atoms with van der Waals surface area (Å²) in [6.07, 6.45) is 13.8. The van der Waals surface area contributed by atoms with E-state index in [2.05, 4.69) is 25.8 Å². The molecule has 3 heteroatoms. The molecule has 0 bridgehead atoms. The van der Waals surface area contributed by atoms with Crippen molar-refractivity contribution in [3.63, 3.8) is 0 Å². The molecular formula is C16H34N2S. The normalized spacial score (nSPS) is 12.8. The Balaban J connectivity index is 3.25. The van der Waals surface area contributed by atoms with Gasteiger partial charge < -0.3 is 5.73 Å². The van der Waals surface area contributed by atoms with Gasteiger partial charge in [-0.05, 0) is 26.9 Å². The number of nitrogens with two attached hydrogens (primary N) is 1. The van der Waals surface area contributed by atoms with E-state index in [0.29, 0.717) is 4.99 Å². The van der Waals surface area contributed by atoms with Crippen LogP contribution in [0.15, 0.2) is 0 Å². The molecule has 0 spiro atoms. The third kappa shape index (κ3) is 11.4. The monoisotopic (exact) mass is 286 g/mol. The smallest absolute Gasteiger partial charge is 0.0899 e. The van der Waals surface area contributed by atoms with E-state index in [1.807, 2.05) is 0 Å². The highest BCUT2D eigenvalue weighted by Crippen LogP contribution is 2.11. The molecule has 0 aromatic carbocycles. The predicted molar refractivity (Wildman–Crippen MR) is 90.7 cm³/mol. The van der Waals surface area contributed by atoms with Gasteiger partial charge in [-0.2, -0.15) is 0 Å². The maximum Gasteiger partial charge on any atom is 0.0899 e. The van der Waals surface area contributed by atoms with E-state index in [4.69, 9.17) is 18.0 Å². The molecule has 0 aromatic rings. The molecule has 1 unspecified atom stereocenters. The number of nitrogens with zero attached hydrogens (tertiary/aromatic N) is 1. The fourth-order valence-electron chi connectivity index (χ4n) is 2.26. The van der Waals surface area contributed by atoms with E-state index in [9.17, 15) is 0 Å². The molecule has 0 saturated carbocycles. The minimum absolute atomic E-state index is 0.230. The molecule has 0 radical (unpaired) electrons. The maximum absolute atomic E-state index is 5.65. The van der Waals surface area contributed by atoms with E-state index in [1.165, 1.54) is 64.2 Å². The molecule has 19 heavy (non-hydrogen) atoms. The highest BCUT2D eigenvalue weighted by molar-refractivity contribution is 7.80. The van der Waals surface area contributed by atoms with E-state index in [0.717, 1.165) is 6.54 Å². The van der Waals surface area contributed by atoms with E-state index in [-0.39, 0.29) is 6.04 Å². The second-order valence-electron chi connectivity index (χ2n) is 5.74. The summed E-state index contributed by atoms with van der Waals surface area (Å²) < 4.78 is 0. The molecule has 0 aliphatic carbocycles. The zero-order valence-electron chi connectivity index (χ0n) is 13.3. The molecule has 0 amide bonds. The van der Waals surface area contributed by atoms with Crippen LogP contribution in [0, 0.1) is 0 Å². The van der Waals surface area contributed by atoms with Gasteiger partial charge in [-0.1, -0.05) is 76.9 Å². The van der Waals surface area contributed by atoms with Gasteiger partial charge in [0.15, 0.2) is 0 Å². The number of hydrogen-bond donors (Lipinski definition) is 1. The van der Waals surface area contributed by atoms with Crippen molar-refractivity contribution in [3.05, 3.63) is 0 Å². The van der Waals surface area contributed by atoms with E-state index < -0.39 is 0 Å². The minimum Gasteiger partial charge on any atom is -0.392 e. The number of rotatable bonds is 13. The summed E-state index contributed by atoms with van der Waals surface area (Å²) in [5.74, 6) is 0. The third-order valence-electron chi connectivity index (χ3n) is 3.94. The standard InChI is InChI=1S/C16H34N2S/c1-4-5-6-7-8-9-10-11-12-13-14-18(3)15(2)16(17)19/h15H,4-14H2,1-3H3,(H2,17,19). The summed E-state index contributed by atoms with van der Waals surface area (Å²) in [5, 5.41) is 0. The predicted octanol–water partition coefficient (Wildman–Crippen LogP) is 4.51. The molecule has 0 aromatic heterocycles. The van der Waals surface area contributed by atoms with Gasteiger partial charge >= 0.3 is 0 Å². The van der Waals surface area contributed by atoms with Gasteiger partial charge in [-0.15, -0.1) is 0 Å². The Hall–Kier alpha value is -0.150. The Morgan fingerprint density at radius 2 is 1.37 bits per heavy atom. The fraction of sp³-hybridized carbons (Fsp3) is 0.938. The largest absolute Gasteiger partial charge is 0.392 e. The van der Waals surface area contributed by atoms with Crippen molar-refractivity contribution in [3.8, 4) is 0 Å². The molecule has 0 aliphatic heterocycles. The highest BCUT2D eigenvalue weighted by atomic mass is 32.1. The van der Waals surface area contributed by atoms with Crippen LogP contribution in [0.3, 0.4) is 0 Å². The first-order valence-corrected chi connectivity index (χ1v) is 8.50. The lowest BCUT2D eigenvalue weighted by Crippen LogP contribution is -2.39. The summed E-state index contributed by atoms with van der Waals surface area (Å²) in [6, 6.07) is 0.230. The lowest BCUT2D eigenvalue weighted by molar-refractivity contribution is 0.303. The molecule has 0 heterocycles. The van der Waals surface area contributed by atoms with Gasteiger partial charge in [-0.3, -0.25) is 4.90 Å².